The first-order valence-electron chi connectivity index (χ1n) is 8.84. The van der Waals surface area contributed by atoms with Crippen LogP contribution < -0.4 is 5.56 Å². The van der Waals surface area contributed by atoms with Crippen LogP contribution in [0, 0.1) is 0 Å². The van der Waals surface area contributed by atoms with Crippen LogP contribution in [0.4, 0.5) is 0 Å². The van der Waals surface area contributed by atoms with E-state index in [1.807, 2.05) is 6.07 Å². The van der Waals surface area contributed by atoms with Crippen molar-refractivity contribution in [3.05, 3.63) is 58.5 Å². The lowest BCUT2D eigenvalue weighted by molar-refractivity contribution is -0.134. The SMILES string of the molecule is COC(=O)c1ccc(-c2cccn(CCN3CCN(C)C(=O)C3)c2=O)cc1. The van der Waals surface area contributed by atoms with Crippen LogP contribution in [0.15, 0.2) is 47.4 Å². The highest BCUT2D eigenvalue weighted by molar-refractivity contribution is 5.89. The van der Waals surface area contributed by atoms with Gasteiger partial charge in [-0.05, 0) is 29.8 Å². The predicted octanol–water partition coefficient (Wildman–Crippen LogP) is 1.08. The summed E-state index contributed by atoms with van der Waals surface area (Å²) < 4.78 is 6.35. The molecule has 0 spiro atoms. The molecule has 1 aromatic heterocycles. The molecule has 0 bridgehead atoms. The normalized spacial score (nSPS) is 15.0. The molecule has 1 saturated heterocycles. The van der Waals surface area contributed by atoms with Gasteiger partial charge in [-0.3, -0.25) is 14.5 Å². The summed E-state index contributed by atoms with van der Waals surface area (Å²) in [5.41, 5.74) is 1.67. The van der Waals surface area contributed by atoms with Crippen LogP contribution in [0.1, 0.15) is 10.4 Å². The van der Waals surface area contributed by atoms with Crippen molar-refractivity contribution in [2.24, 2.45) is 0 Å². The highest BCUT2D eigenvalue weighted by Gasteiger charge is 2.20. The maximum absolute atomic E-state index is 12.8. The van der Waals surface area contributed by atoms with Crippen molar-refractivity contribution in [2.45, 2.75) is 6.54 Å². The molecule has 0 N–H and O–H groups in total. The van der Waals surface area contributed by atoms with Gasteiger partial charge >= 0.3 is 5.97 Å². The molecule has 0 atom stereocenters. The van der Waals surface area contributed by atoms with Crippen LogP contribution >= 0.6 is 0 Å². The predicted molar refractivity (Wildman–Crippen MR) is 102 cm³/mol. The van der Waals surface area contributed by atoms with Gasteiger partial charge in [-0.25, -0.2) is 4.79 Å². The van der Waals surface area contributed by atoms with Crippen molar-refractivity contribution in [2.75, 3.05) is 40.3 Å². The van der Waals surface area contributed by atoms with E-state index in [1.165, 1.54) is 7.11 Å². The monoisotopic (exact) mass is 369 g/mol. The van der Waals surface area contributed by atoms with E-state index in [-0.39, 0.29) is 11.5 Å². The average molecular weight is 369 g/mol. The fourth-order valence-corrected chi connectivity index (χ4v) is 3.08. The molecule has 7 nitrogen and oxygen atoms in total. The van der Waals surface area contributed by atoms with Gasteiger partial charge in [-0.1, -0.05) is 12.1 Å². The molecule has 0 aliphatic carbocycles. The second kappa shape index (κ2) is 8.18. The minimum absolute atomic E-state index is 0.0937. The van der Waals surface area contributed by atoms with Gasteiger partial charge in [0.2, 0.25) is 5.91 Å². The van der Waals surface area contributed by atoms with Gasteiger partial charge in [0.1, 0.15) is 0 Å². The molecule has 1 aliphatic heterocycles. The van der Waals surface area contributed by atoms with E-state index in [1.54, 1.807) is 53.0 Å². The number of hydrogen-bond acceptors (Lipinski definition) is 5. The summed E-state index contributed by atoms with van der Waals surface area (Å²) in [6.45, 7) is 3.07. The summed E-state index contributed by atoms with van der Waals surface area (Å²) in [7, 11) is 3.14. The van der Waals surface area contributed by atoms with E-state index < -0.39 is 5.97 Å². The van der Waals surface area contributed by atoms with Gasteiger partial charge in [0.05, 0.1) is 19.2 Å². The summed E-state index contributed by atoms with van der Waals surface area (Å²) >= 11 is 0. The van der Waals surface area contributed by atoms with Crippen molar-refractivity contribution in [1.82, 2.24) is 14.4 Å². The summed E-state index contributed by atoms with van der Waals surface area (Å²) in [6.07, 6.45) is 1.76. The number of methoxy groups -OCH3 is 1. The number of esters is 1. The molecule has 7 heteroatoms. The van der Waals surface area contributed by atoms with Crippen LogP contribution in [0.3, 0.4) is 0 Å². The zero-order valence-corrected chi connectivity index (χ0v) is 15.6. The zero-order valence-electron chi connectivity index (χ0n) is 15.6. The van der Waals surface area contributed by atoms with Crippen LogP contribution in [0.25, 0.3) is 11.1 Å². The number of likely N-dealkylation sites (N-methyl/N-ethyl adjacent to an activating group) is 1. The minimum Gasteiger partial charge on any atom is -0.465 e. The van der Waals surface area contributed by atoms with Crippen molar-refractivity contribution in [1.29, 1.82) is 0 Å². The quantitative estimate of drug-likeness (QED) is 0.738. The number of hydrogen-bond donors (Lipinski definition) is 0. The fourth-order valence-electron chi connectivity index (χ4n) is 3.08. The van der Waals surface area contributed by atoms with Gasteiger partial charge in [0.15, 0.2) is 0 Å². The first-order chi connectivity index (χ1) is 13.0. The third-order valence-corrected chi connectivity index (χ3v) is 4.83. The molecule has 0 unspecified atom stereocenters. The highest BCUT2D eigenvalue weighted by atomic mass is 16.5. The van der Waals surface area contributed by atoms with Crippen molar-refractivity contribution in [3.63, 3.8) is 0 Å². The van der Waals surface area contributed by atoms with Crippen molar-refractivity contribution in [3.8, 4) is 11.1 Å². The molecule has 142 valence electrons. The molecule has 2 aromatic rings. The Morgan fingerprint density at radius 1 is 1.07 bits per heavy atom. The van der Waals surface area contributed by atoms with Gasteiger partial charge in [-0.15, -0.1) is 0 Å². The number of pyridine rings is 1. The van der Waals surface area contributed by atoms with Gasteiger partial charge in [0.25, 0.3) is 5.56 Å². The van der Waals surface area contributed by atoms with Crippen LogP contribution in [-0.4, -0.2) is 66.6 Å². The second-order valence-electron chi connectivity index (χ2n) is 6.58. The third-order valence-electron chi connectivity index (χ3n) is 4.83. The molecule has 1 aromatic carbocycles. The first-order valence-corrected chi connectivity index (χ1v) is 8.84. The molecule has 0 saturated carbocycles. The highest BCUT2D eigenvalue weighted by Crippen LogP contribution is 2.16. The Bertz CT molecular complexity index is 889. The number of aromatic nitrogens is 1. The summed E-state index contributed by atoms with van der Waals surface area (Å²) in [5.74, 6) is -0.304. The topological polar surface area (TPSA) is 71.8 Å². The summed E-state index contributed by atoms with van der Waals surface area (Å²) in [4.78, 5) is 39.9. The molecule has 2 heterocycles. The standard InChI is InChI=1S/C20H23N3O4/c1-21-10-11-22(14-18(21)24)12-13-23-9-3-4-17(19(23)25)15-5-7-16(8-6-15)20(26)27-2/h3-9H,10-14H2,1-2H3. The van der Waals surface area contributed by atoms with E-state index in [2.05, 4.69) is 4.90 Å². The summed E-state index contributed by atoms with van der Waals surface area (Å²) in [6, 6.07) is 10.4. The zero-order chi connectivity index (χ0) is 19.4. The van der Waals surface area contributed by atoms with Crippen LogP contribution in [0.5, 0.6) is 0 Å². The smallest absolute Gasteiger partial charge is 0.337 e. The Balaban J connectivity index is 1.73. The minimum atomic E-state index is -0.409. The number of ether oxygens (including phenoxy) is 1. The third kappa shape index (κ3) is 4.25. The lowest BCUT2D eigenvalue weighted by Gasteiger charge is -2.31. The average Bonchev–Trinajstić information content (AvgIpc) is 2.69. The number of amides is 1. The first kappa shape index (κ1) is 18.8. The number of carbonyl (C=O) groups is 2. The molecular weight excluding hydrogens is 346 g/mol. The Morgan fingerprint density at radius 3 is 2.48 bits per heavy atom. The van der Waals surface area contributed by atoms with E-state index in [0.29, 0.717) is 37.3 Å². The number of carbonyl (C=O) groups excluding carboxylic acids is 2. The second-order valence-corrected chi connectivity index (χ2v) is 6.58. The molecular formula is C20H23N3O4. The number of rotatable bonds is 5. The maximum atomic E-state index is 12.8. The Kier molecular flexibility index (Phi) is 5.71. The maximum Gasteiger partial charge on any atom is 0.337 e. The van der Waals surface area contributed by atoms with Crippen LogP contribution in [-0.2, 0) is 16.1 Å². The van der Waals surface area contributed by atoms with Crippen molar-refractivity contribution >= 4 is 11.9 Å². The van der Waals surface area contributed by atoms with E-state index in [0.717, 1.165) is 12.1 Å². The lowest BCUT2D eigenvalue weighted by Crippen LogP contribution is -2.49. The fraction of sp³-hybridized carbons (Fsp3) is 0.350. The number of benzene rings is 1. The largest absolute Gasteiger partial charge is 0.465 e. The number of piperazine rings is 1. The van der Waals surface area contributed by atoms with Crippen LogP contribution in [0.2, 0.25) is 0 Å². The number of nitrogens with zero attached hydrogens (tertiary/aromatic N) is 3. The molecule has 1 fully saturated rings. The molecule has 27 heavy (non-hydrogen) atoms. The van der Waals surface area contributed by atoms with E-state index in [9.17, 15) is 14.4 Å². The Morgan fingerprint density at radius 2 is 1.81 bits per heavy atom. The van der Waals surface area contributed by atoms with E-state index in [4.69, 9.17) is 4.74 Å². The lowest BCUT2D eigenvalue weighted by atomic mass is 10.1. The molecule has 1 aliphatic rings. The van der Waals surface area contributed by atoms with Gasteiger partial charge in [0, 0.05) is 45.0 Å². The Labute approximate surface area is 157 Å². The van der Waals surface area contributed by atoms with Gasteiger partial charge in [-0.2, -0.15) is 0 Å². The van der Waals surface area contributed by atoms with E-state index >= 15 is 0 Å². The van der Waals surface area contributed by atoms with Gasteiger partial charge < -0.3 is 14.2 Å². The molecule has 1 amide bonds. The van der Waals surface area contributed by atoms with Crippen molar-refractivity contribution < 1.29 is 14.3 Å². The summed E-state index contributed by atoms with van der Waals surface area (Å²) in [5, 5.41) is 0. The molecule has 3 rings (SSSR count). The molecule has 0 radical (unpaired) electrons. The Hall–Kier alpha value is -2.93.